The first kappa shape index (κ1) is 15.6. The number of para-hydroxylation sites is 1. The molecule has 2 aromatic carbocycles. The topological polar surface area (TPSA) is 67.9 Å². The highest BCUT2D eigenvalue weighted by Gasteiger charge is 2.34. The molecule has 6 nitrogen and oxygen atoms in total. The Balaban J connectivity index is 1.92. The van der Waals surface area contributed by atoms with Crippen LogP contribution in [-0.2, 0) is 9.59 Å². The molecule has 0 aromatic heterocycles. The van der Waals surface area contributed by atoms with Crippen LogP contribution in [0.3, 0.4) is 0 Å². The Bertz CT molecular complexity index is 812. The van der Waals surface area contributed by atoms with Gasteiger partial charge in [0.2, 0.25) is 0 Å². The van der Waals surface area contributed by atoms with Crippen molar-refractivity contribution in [1.82, 2.24) is 5.43 Å². The van der Waals surface area contributed by atoms with Crippen LogP contribution in [0, 0.1) is 0 Å². The maximum atomic E-state index is 12.6. The molecule has 1 N–H and O–H groups in total. The van der Waals surface area contributed by atoms with Crippen molar-refractivity contribution in [2.75, 3.05) is 19.2 Å². The highest BCUT2D eigenvalue weighted by Crippen LogP contribution is 2.26. The summed E-state index contributed by atoms with van der Waals surface area (Å²) in [5.41, 5.74) is 3.83. The molecule has 1 saturated heterocycles. The number of benzene rings is 2. The average molecular weight is 324 g/mol. The van der Waals surface area contributed by atoms with Gasteiger partial charge in [-0.05, 0) is 36.4 Å². The van der Waals surface area contributed by atoms with E-state index in [0.717, 1.165) is 0 Å². The lowest BCUT2D eigenvalue weighted by atomic mass is 10.1. The Morgan fingerprint density at radius 3 is 2.33 bits per heavy atom. The van der Waals surface area contributed by atoms with E-state index in [1.807, 2.05) is 12.1 Å². The predicted octanol–water partition coefficient (Wildman–Crippen LogP) is 2.17. The fourth-order valence-electron chi connectivity index (χ4n) is 2.41. The third kappa shape index (κ3) is 2.81. The number of methoxy groups -OCH3 is 2. The molecule has 122 valence electrons. The number of hydrogen-bond donors (Lipinski definition) is 1. The summed E-state index contributed by atoms with van der Waals surface area (Å²) in [6.07, 6.45) is 1.53. The van der Waals surface area contributed by atoms with Crippen molar-refractivity contribution in [3.05, 3.63) is 59.7 Å². The Morgan fingerprint density at radius 2 is 1.67 bits per heavy atom. The Labute approximate surface area is 139 Å². The number of ether oxygens (including phenoxy) is 2. The molecule has 1 aliphatic rings. The van der Waals surface area contributed by atoms with Crippen LogP contribution < -0.4 is 19.9 Å². The van der Waals surface area contributed by atoms with Gasteiger partial charge in [-0.2, -0.15) is 0 Å². The molecule has 0 saturated carbocycles. The van der Waals surface area contributed by atoms with Crippen LogP contribution in [0.2, 0.25) is 0 Å². The molecule has 0 radical (unpaired) electrons. The van der Waals surface area contributed by atoms with Gasteiger partial charge in [0.15, 0.2) is 0 Å². The van der Waals surface area contributed by atoms with Gasteiger partial charge < -0.3 is 9.47 Å². The van der Waals surface area contributed by atoms with E-state index < -0.39 is 11.8 Å². The highest BCUT2D eigenvalue weighted by molar-refractivity contribution is 6.31. The molecule has 1 heterocycles. The lowest BCUT2D eigenvalue weighted by Crippen LogP contribution is -2.35. The average Bonchev–Trinajstić information content (AvgIpc) is 2.90. The molecule has 0 atom stereocenters. The van der Waals surface area contributed by atoms with E-state index >= 15 is 0 Å². The number of carbonyl (C=O) groups is 2. The number of anilines is 1. The standard InChI is InChI=1S/C18H16N2O4/c1-23-14-9-7-13(8-10-14)20-18(22)15(17(21)19-20)11-12-5-3-4-6-16(12)24-2/h3-11H,1-2H3,(H,19,21)/b15-11+. The SMILES string of the molecule is COc1ccc(N2NC(=O)/C(=C\c3ccccc3OC)C2=O)cc1. The molecule has 0 unspecified atom stereocenters. The zero-order chi connectivity index (χ0) is 17.1. The van der Waals surface area contributed by atoms with E-state index in [-0.39, 0.29) is 5.57 Å². The number of amides is 2. The smallest absolute Gasteiger partial charge is 0.282 e. The fraction of sp³-hybridized carbons (Fsp3) is 0.111. The summed E-state index contributed by atoms with van der Waals surface area (Å²) in [6, 6.07) is 14.0. The second-order valence-electron chi connectivity index (χ2n) is 5.08. The summed E-state index contributed by atoms with van der Waals surface area (Å²) in [6.45, 7) is 0. The second kappa shape index (κ2) is 6.45. The van der Waals surface area contributed by atoms with Crippen LogP contribution in [0.1, 0.15) is 5.56 Å². The number of hydrogen-bond acceptors (Lipinski definition) is 4. The highest BCUT2D eigenvalue weighted by atomic mass is 16.5. The van der Waals surface area contributed by atoms with Crippen molar-refractivity contribution in [3.8, 4) is 11.5 Å². The number of nitrogens with one attached hydrogen (secondary N) is 1. The minimum absolute atomic E-state index is 0.0512. The molecule has 1 aliphatic heterocycles. The minimum atomic E-state index is -0.457. The molecular weight excluding hydrogens is 308 g/mol. The van der Waals surface area contributed by atoms with Crippen LogP contribution in [0.15, 0.2) is 54.1 Å². The van der Waals surface area contributed by atoms with Crippen molar-refractivity contribution in [2.24, 2.45) is 0 Å². The van der Waals surface area contributed by atoms with Crippen LogP contribution >= 0.6 is 0 Å². The van der Waals surface area contributed by atoms with Gasteiger partial charge in [-0.1, -0.05) is 18.2 Å². The number of carbonyl (C=O) groups excluding carboxylic acids is 2. The quantitative estimate of drug-likeness (QED) is 0.691. The molecule has 0 aliphatic carbocycles. The molecule has 1 fully saturated rings. The molecule has 3 rings (SSSR count). The van der Waals surface area contributed by atoms with Gasteiger partial charge in [0.25, 0.3) is 11.8 Å². The van der Waals surface area contributed by atoms with Crippen molar-refractivity contribution in [3.63, 3.8) is 0 Å². The molecule has 0 bridgehead atoms. The molecular formula is C18H16N2O4. The van der Waals surface area contributed by atoms with Crippen molar-refractivity contribution < 1.29 is 19.1 Å². The summed E-state index contributed by atoms with van der Waals surface area (Å²) in [4.78, 5) is 24.8. The lowest BCUT2D eigenvalue weighted by Gasteiger charge is -2.14. The molecule has 0 spiro atoms. The Hall–Kier alpha value is -3.28. The van der Waals surface area contributed by atoms with Crippen LogP contribution in [0.4, 0.5) is 5.69 Å². The van der Waals surface area contributed by atoms with E-state index in [9.17, 15) is 9.59 Å². The number of hydrazine groups is 1. The monoisotopic (exact) mass is 324 g/mol. The van der Waals surface area contributed by atoms with Crippen molar-refractivity contribution >= 4 is 23.6 Å². The van der Waals surface area contributed by atoms with Gasteiger partial charge in [0, 0.05) is 5.56 Å². The normalized spacial score (nSPS) is 15.6. The summed E-state index contributed by atoms with van der Waals surface area (Å²) < 4.78 is 10.3. The zero-order valence-electron chi connectivity index (χ0n) is 13.3. The molecule has 2 aromatic rings. The van der Waals surface area contributed by atoms with Gasteiger partial charge >= 0.3 is 0 Å². The first-order valence-corrected chi connectivity index (χ1v) is 7.28. The summed E-state index contributed by atoms with van der Waals surface area (Å²) >= 11 is 0. The summed E-state index contributed by atoms with van der Waals surface area (Å²) in [7, 11) is 3.10. The lowest BCUT2D eigenvalue weighted by molar-refractivity contribution is -0.117. The van der Waals surface area contributed by atoms with Gasteiger partial charge in [-0.15, -0.1) is 0 Å². The molecule has 2 amide bonds. The third-order valence-corrected chi connectivity index (χ3v) is 3.66. The van der Waals surface area contributed by atoms with E-state index in [2.05, 4.69) is 5.43 Å². The van der Waals surface area contributed by atoms with Gasteiger partial charge in [-0.3, -0.25) is 15.0 Å². The van der Waals surface area contributed by atoms with Crippen molar-refractivity contribution in [2.45, 2.75) is 0 Å². The van der Waals surface area contributed by atoms with E-state index in [4.69, 9.17) is 9.47 Å². The van der Waals surface area contributed by atoms with Crippen LogP contribution in [0.25, 0.3) is 6.08 Å². The Kier molecular flexibility index (Phi) is 4.20. The van der Waals surface area contributed by atoms with Gasteiger partial charge in [0.1, 0.15) is 17.1 Å². The summed E-state index contributed by atoms with van der Waals surface area (Å²) in [5.74, 6) is 0.382. The molecule has 6 heteroatoms. The maximum Gasteiger partial charge on any atom is 0.282 e. The maximum absolute atomic E-state index is 12.6. The second-order valence-corrected chi connectivity index (χ2v) is 5.08. The fourth-order valence-corrected chi connectivity index (χ4v) is 2.41. The Morgan fingerprint density at radius 1 is 0.958 bits per heavy atom. The van der Waals surface area contributed by atoms with Crippen molar-refractivity contribution in [1.29, 1.82) is 0 Å². The zero-order valence-corrected chi connectivity index (χ0v) is 13.3. The van der Waals surface area contributed by atoms with E-state index in [0.29, 0.717) is 22.7 Å². The van der Waals surface area contributed by atoms with Crippen LogP contribution in [-0.4, -0.2) is 26.0 Å². The first-order chi connectivity index (χ1) is 11.6. The largest absolute Gasteiger partial charge is 0.497 e. The minimum Gasteiger partial charge on any atom is -0.497 e. The predicted molar refractivity (Wildman–Crippen MR) is 89.6 cm³/mol. The van der Waals surface area contributed by atoms with Crippen LogP contribution in [0.5, 0.6) is 11.5 Å². The number of rotatable bonds is 4. The summed E-state index contributed by atoms with van der Waals surface area (Å²) in [5, 5.41) is 1.21. The van der Waals surface area contributed by atoms with Gasteiger partial charge in [-0.25, -0.2) is 5.01 Å². The van der Waals surface area contributed by atoms with E-state index in [1.165, 1.54) is 18.2 Å². The third-order valence-electron chi connectivity index (χ3n) is 3.66. The first-order valence-electron chi connectivity index (χ1n) is 7.28. The number of nitrogens with zero attached hydrogens (tertiary/aromatic N) is 1. The van der Waals surface area contributed by atoms with E-state index in [1.54, 1.807) is 43.5 Å². The van der Waals surface area contributed by atoms with Gasteiger partial charge in [0.05, 0.1) is 19.9 Å². The molecule has 24 heavy (non-hydrogen) atoms.